The summed E-state index contributed by atoms with van der Waals surface area (Å²) in [6.45, 7) is 5.01. The lowest BCUT2D eigenvalue weighted by molar-refractivity contribution is -0.117. The van der Waals surface area contributed by atoms with E-state index in [0.29, 0.717) is 24.3 Å². The quantitative estimate of drug-likeness (QED) is 0.652. The zero-order valence-electron chi connectivity index (χ0n) is 17.3. The van der Waals surface area contributed by atoms with Gasteiger partial charge in [-0.2, -0.15) is 0 Å². The van der Waals surface area contributed by atoms with E-state index < -0.39 is 10.0 Å². The smallest absolute Gasteiger partial charge is 0.242 e. The molecule has 7 nitrogen and oxygen atoms in total. The number of rotatable bonds is 9. The van der Waals surface area contributed by atoms with Crippen molar-refractivity contribution in [2.24, 2.45) is 0 Å². The van der Waals surface area contributed by atoms with E-state index in [4.69, 9.17) is 0 Å². The van der Waals surface area contributed by atoms with Crippen molar-refractivity contribution in [3.8, 4) is 5.75 Å². The van der Waals surface area contributed by atoms with Crippen molar-refractivity contribution in [1.29, 1.82) is 0 Å². The number of aromatic hydroxyl groups is 1. The normalized spacial score (nSPS) is 11.8. The van der Waals surface area contributed by atoms with Gasteiger partial charge in [-0.15, -0.1) is 0 Å². The first-order valence-electron chi connectivity index (χ1n) is 9.47. The number of hydrogen-bond acceptors (Lipinski definition) is 5. The summed E-state index contributed by atoms with van der Waals surface area (Å²) in [5, 5.41) is 12.8. The van der Waals surface area contributed by atoms with Gasteiger partial charge in [-0.1, -0.05) is 31.2 Å². The topological polar surface area (TPSA) is 90.0 Å². The number of carbonyl (C=O) groups is 1. The molecule has 2 rings (SSSR count). The molecule has 0 radical (unpaired) electrons. The van der Waals surface area contributed by atoms with Gasteiger partial charge in [0, 0.05) is 31.9 Å². The second-order valence-corrected chi connectivity index (χ2v) is 9.28. The van der Waals surface area contributed by atoms with Crippen molar-refractivity contribution in [1.82, 2.24) is 9.21 Å². The summed E-state index contributed by atoms with van der Waals surface area (Å²) >= 11 is 0. The molecule has 2 N–H and O–H groups in total. The van der Waals surface area contributed by atoms with Crippen LogP contribution in [0.5, 0.6) is 5.75 Å². The number of benzene rings is 2. The van der Waals surface area contributed by atoms with Crippen LogP contribution in [0.15, 0.2) is 47.4 Å². The largest absolute Gasteiger partial charge is 0.508 e. The predicted octanol–water partition coefficient (Wildman–Crippen LogP) is 2.80. The van der Waals surface area contributed by atoms with Crippen LogP contribution < -0.4 is 5.32 Å². The van der Waals surface area contributed by atoms with E-state index in [2.05, 4.69) is 5.32 Å². The van der Waals surface area contributed by atoms with E-state index in [9.17, 15) is 18.3 Å². The summed E-state index contributed by atoms with van der Waals surface area (Å²) in [7, 11) is -0.651. The van der Waals surface area contributed by atoms with Gasteiger partial charge in [0.2, 0.25) is 15.9 Å². The minimum Gasteiger partial charge on any atom is -0.508 e. The molecule has 2 aromatic carbocycles. The molecular weight excluding hydrogens is 390 g/mol. The van der Waals surface area contributed by atoms with Gasteiger partial charge in [0.25, 0.3) is 0 Å². The molecule has 0 aromatic heterocycles. The highest BCUT2D eigenvalue weighted by Crippen LogP contribution is 2.23. The van der Waals surface area contributed by atoms with Crippen molar-refractivity contribution >= 4 is 21.6 Å². The minimum absolute atomic E-state index is 0.131. The highest BCUT2D eigenvalue weighted by atomic mass is 32.2. The van der Waals surface area contributed by atoms with Gasteiger partial charge in [-0.05, 0) is 43.7 Å². The molecular formula is C21H29N3O4S. The number of amides is 1. The Hall–Kier alpha value is -2.42. The van der Waals surface area contributed by atoms with Crippen LogP contribution in [0.25, 0.3) is 0 Å². The Morgan fingerprint density at radius 3 is 2.45 bits per heavy atom. The number of nitrogens with zero attached hydrogens (tertiary/aromatic N) is 2. The number of nitrogens with one attached hydrogen (secondary N) is 1. The Morgan fingerprint density at radius 1 is 1.14 bits per heavy atom. The van der Waals surface area contributed by atoms with Gasteiger partial charge < -0.3 is 10.4 Å². The van der Waals surface area contributed by atoms with E-state index in [-0.39, 0.29) is 23.1 Å². The molecule has 0 saturated heterocycles. The maximum absolute atomic E-state index is 12.6. The van der Waals surface area contributed by atoms with Crippen LogP contribution in [-0.4, -0.2) is 55.8 Å². The Kier molecular flexibility index (Phi) is 7.78. The van der Waals surface area contributed by atoms with E-state index in [1.165, 1.54) is 20.2 Å². The minimum atomic E-state index is -3.60. The lowest BCUT2D eigenvalue weighted by Gasteiger charge is -2.22. The number of carbonyl (C=O) groups excluding carboxylic acids is 1. The summed E-state index contributed by atoms with van der Waals surface area (Å²) in [6.07, 6.45) is 0.858. The summed E-state index contributed by atoms with van der Waals surface area (Å²) in [6, 6.07) is 11.9. The van der Waals surface area contributed by atoms with E-state index in [1.807, 2.05) is 24.0 Å². The van der Waals surface area contributed by atoms with Crippen molar-refractivity contribution in [2.75, 3.05) is 32.5 Å². The lowest BCUT2D eigenvalue weighted by atomic mass is 10.2. The fraction of sp³-hybridized carbons (Fsp3) is 0.381. The summed E-state index contributed by atoms with van der Waals surface area (Å²) in [4.78, 5) is 14.7. The number of phenolic OH excluding ortho intramolecular Hbond substituents is 1. The molecule has 0 heterocycles. The number of phenols is 1. The molecule has 0 aliphatic carbocycles. The van der Waals surface area contributed by atoms with Crippen molar-refractivity contribution in [3.05, 3.63) is 53.6 Å². The third-order valence-electron chi connectivity index (χ3n) is 4.52. The second-order valence-electron chi connectivity index (χ2n) is 7.16. The Morgan fingerprint density at radius 2 is 1.83 bits per heavy atom. The Balaban J connectivity index is 2.13. The van der Waals surface area contributed by atoms with Gasteiger partial charge in [0.1, 0.15) is 5.75 Å². The lowest BCUT2D eigenvalue weighted by Crippen LogP contribution is -2.33. The molecule has 8 heteroatoms. The molecule has 0 fully saturated rings. The molecule has 0 aliphatic rings. The van der Waals surface area contributed by atoms with E-state index in [0.717, 1.165) is 16.3 Å². The zero-order chi connectivity index (χ0) is 21.6. The van der Waals surface area contributed by atoms with E-state index >= 15 is 0 Å². The molecule has 158 valence electrons. The highest BCUT2D eigenvalue weighted by Gasteiger charge is 2.21. The van der Waals surface area contributed by atoms with Gasteiger partial charge in [0.05, 0.1) is 11.4 Å². The number of aryl methyl sites for hydroxylation is 1. The third kappa shape index (κ3) is 6.03. The first-order chi connectivity index (χ1) is 13.6. The summed E-state index contributed by atoms with van der Waals surface area (Å²) < 4.78 is 26.1. The van der Waals surface area contributed by atoms with Crippen LogP contribution in [0.4, 0.5) is 5.69 Å². The molecule has 0 spiro atoms. The fourth-order valence-electron chi connectivity index (χ4n) is 2.97. The molecule has 0 bridgehead atoms. The molecule has 29 heavy (non-hydrogen) atoms. The standard InChI is InChI=1S/C21H29N3O4S/c1-5-12-24(14-17-8-6-7-9-19(17)25)15-21(26)22-18-11-10-16(2)20(13-18)29(27,28)23(3)4/h6-11,13,25H,5,12,14-15H2,1-4H3,(H,22,26). The second kappa shape index (κ2) is 9.87. The van der Waals surface area contributed by atoms with Crippen LogP contribution in [-0.2, 0) is 21.4 Å². The average Bonchev–Trinajstić information content (AvgIpc) is 2.65. The zero-order valence-corrected chi connectivity index (χ0v) is 18.2. The van der Waals surface area contributed by atoms with Crippen molar-refractivity contribution in [3.63, 3.8) is 0 Å². The van der Waals surface area contributed by atoms with Gasteiger partial charge >= 0.3 is 0 Å². The first-order valence-corrected chi connectivity index (χ1v) is 10.9. The Labute approximate surface area is 173 Å². The van der Waals surface area contributed by atoms with Gasteiger partial charge in [-0.3, -0.25) is 9.69 Å². The van der Waals surface area contributed by atoms with Crippen LogP contribution in [0, 0.1) is 6.92 Å². The molecule has 0 aliphatic heterocycles. The molecule has 2 aromatic rings. The first kappa shape index (κ1) is 22.9. The third-order valence-corrected chi connectivity index (χ3v) is 6.48. The molecule has 1 amide bonds. The molecule has 0 atom stereocenters. The van der Waals surface area contributed by atoms with Gasteiger partial charge in [-0.25, -0.2) is 12.7 Å². The van der Waals surface area contributed by atoms with Crippen molar-refractivity contribution < 1.29 is 18.3 Å². The summed E-state index contributed by atoms with van der Waals surface area (Å²) in [5.41, 5.74) is 1.80. The highest BCUT2D eigenvalue weighted by molar-refractivity contribution is 7.89. The maximum atomic E-state index is 12.6. The van der Waals surface area contributed by atoms with Crippen LogP contribution in [0.2, 0.25) is 0 Å². The summed E-state index contributed by atoms with van der Waals surface area (Å²) in [5.74, 6) is -0.0444. The molecule has 0 unspecified atom stereocenters. The number of hydrogen-bond donors (Lipinski definition) is 2. The van der Waals surface area contributed by atoms with Crippen LogP contribution >= 0.6 is 0 Å². The predicted molar refractivity (Wildman–Crippen MR) is 114 cm³/mol. The SMILES string of the molecule is CCCN(CC(=O)Nc1ccc(C)c(S(=O)(=O)N(C)C)c1)Cc1ccccc1O. The van der Waals surface area contributed by atoms with Crippen LogP contribution in [0.1, 0.15) is 24.5 Å². The molecule has 0 saturated carbocycles. The van der Waals surface area contributed by atoms with Crippen LogP contribution in [0.3, 0.4) is 0 Å². The number of anilines is 1. The van der Waals surface area contributed by atoms with Gasteiger partial charge in [0.15, 0.2) is 0 Å². The Bertz CT molecular complexity index is 958. The van der Waals surface area contributed by atoms with Crippen molar-refractivity contribution in [2.45, 2.75) is 31.7 Å². The average molecular weight is 420 g/mol. The maximum Gasteiger partial charge on any atom is 0.242 e. The fourth-order valence-corrected chi connectivity index (χ4v) is 4.12. The number of para-hydroxylation sites is 1. The monoisotopic (exact) mass is 419 g/mol. The van der Waals surface area contributed by atoms with E-state index in [1.54, 1.807) is 31.2 Å². The number of sulfonamides is 1.